The van der Waals surface area contributed by atoms with E-state index in [0.717, 1.165) is 36.7 Å². The van der Waals surface area contributed by atoms with Crippen LogP contribution in [-0.4, -0.2) is 29.9 Å². The molecule has 0 spiro atoms. The Hall–Kier alpha value is -1.89. The van der Waals surface area contributed by atoms with Crippen molar-refractivity contribution < 1.29 is 5.11 Å². The lowest BCUT2D eigenvalue weighted by molar-refractivity contribution is 0.156. The predicted octanol–water partition coefficient (Wildman–Crippen LogP) is 0.765. The quantitative estimate of drug-likeness (QED) is 0.766. The van der Waals surface area contributed by atoms with Crippen LogP contribution in [0.15, 0.2) is 15.9 Å². The highest BCUT2D eigenvalue weighted by molar-refractivity contribution is 5.69. The van der Waals surface area contributed by atoms with Crippen LogP contribution in [0.5, 0.6) is 0 Å². The summed E-state index contributed by atoms with van der Waals surface area (Å²) in [5.41, 5.74) is 0.223. The normalized spacial score (nSPS) is 12.9. The minimum Gasteiger partial charge on any atom is -0.393 e. The number of fused-ring (bicyclic) bond motifs is 1. The zero-order valence-electron chi connectivity index (χ0n) is 13.4. The van der Waals surface area contributed by atoms with Gasteiger partial charge in [-0.2, -0.15) is 0 Å². The fourth-order valence-corrected chi connectivity index (χ4v) is 2.61. The molecule has 1 unspecified atom stereocenters. The molecular weight excluding hydrogens is 284 g/mol. The van der Waals surface area contributed by atoms with Crippen molar-refractivity contribution in [2.24, 2.45) is 14.1 Å². The van der Waals surface area contributed by atoms with Crippen LogP contribution in [0.3, 0.4) is 0 Å². The largest absolute Gasteiger partial charge is 0.393 e. The molecule has 2 heterocycles. The van der Waals surface area contributed by atoms with Crippen molar-refractivity contribution in [1.82, 2.24) is 18.7 Å². The molecule has 2 aromatic heterocycles. The van der Waals surface area contributed by atoms with Crippen LogP contribution in [0.1, 0.15) is 39.0 Å². The molecule has 122 valence electrons. The van der Waals surface area contributed by atoms with E-state index in [1.54, 1.807) is 13.4 Å². The Morgan fingerprint density at radius 3 is 2.59 bits per heavy atom. The van der Waals surface area contributed by atoms with E-state index in [9.17, 15) is 14.7 Å². The smallest absolute Gasteiger partial charge is 0.332 e. The van der Waals surface area contributed by atoms with E-state index in [1.807, 2.05) is 11.5 Å². The van der Waals surface area contributed by atoms with Crippen LogP contribution in [-0.2, 0) is 20.6 Å². The minimum atomic E-state index is -0.365. The van der Waals surface area contributed by atoms with Crippen molar-refractivity contribution in [3.8, 4) is 0 Å². The van der Waals surface area contributed by atoms with Gasteiger partial charge in [-0.3, -0.25) is 13.9 Å². The van der Waals surface area contributed by atoms with Gasteiger partial charge in [-0.1, -0.05) is 19.8 Å². The Kier molecular flexibility index (Phi) is 5.18. The van der Waals surface area contributed by atoms with Crippen LogP contribution >= 0.6 is 0 Å². The second kappa shape index (κ2) is 6.91. The number of rotatable bonds is 7. The summed E-state index contributed by atoms with van der Waals surface area (Å²) >= 11 is 0. The van der Waals surface area contributed by atoms with Gasteiger partial charge >= 0.3 is 5.69 Å². The molecule has 0 aliphatic rings. The van der Waals surface area contributed by atoms with Crippen molar-refractivity contribution >= 4 is 11.2 Å². The summed E-state index contributed by atoms with van der Waals surface area (Å²) < 4.78 is 4.32. The first-order chi connectivity index (χ1) is 10.5. The average molecular weight is 308 g/mol. The number of hydrogen-bond acceptors (Lipinski definition) is 4. The molecule has 0 saturated heterocycles. The molecule has 0 saturated carbocycles. The highest BCUT2D eigenvalue weighted by Gasteiger charge is 2.13. The molecule has 0 aliphatic heterocycles. The number of hydrogen-bond donors (Lipinski definition) is 1. The molecule has 7 heteroatoms. The third-order valence-corrected chi connectivity index (χ3v) is 4.12. The standard InChI is InChI=1S/C15H24N4O3/c1-4-11(20)8-6-5-7-9-19-10-16-13-12(19)14(21)18(3)15(22)17(13)2/h10-11,20H,4-9H2,1-3H3. The zero-order valence-corrected chi connectivity index (χ0v) is 13.4. The van der Waals surface area contributed by atoms with Crippen molar-refractivity contribution in [2.75, 3.05) is 0 Å². The fourth-order valence-electron chi connectivity index (χ4n) is 2.61. The molecule has 0 fully saturated rings. The number of aliphatic hydroxyl groups is 1. The van der Waals surface area contributed by atoms with E-state index in [0.29, 0.717) is 17.7 Å². The van der Waals surface area contributed by atoms with Gasteiger partial charge in [0.2, 0.25) is 0 Å². The molecule has 2 aromatic rings. The Morgan fingerprint density at radius 1 is 1.18 bits per heavy atom. The van der Waals surface area contributed by atoms with Gasteiger partial charge < -0.3 is 9.67 Å². The summed E-state index contributed by atoms with van der Waals surface area (Å²) in [6.45, 7) is 2.66. The van der Waals surface area contributed by atoms with E-state index >= 15 is 0 Å². The third kappa shape index (κ3) is 3.14. The number of aromatic nitrogens is 4. The lowest BCUT2D eigenvalue weighted by atomic mass is 10.1. The maximum absolute atomic E-state index is 12.3. The van der Waals surface area contributed by atoms with Crippen LogP contribution < -0.4 is 11.2 Å². The number of aliphatic hydroxyl groups excluding tert-OH is 1. The van der Waals surface area contributed by atoms with Gasteiger partial charge in [-0.15, -0.1) is 0 Å². The lowest BCUT2D eigenvalue weighted by Gasteiger charge is -2.08. The topological polar surface area (TPSA) is 82.1 Å². The third-order valence-electron chi connectivity index (χ3n) is 4.12. The Bertz CT molecular complexity index is 756. The number of nitrogens with zero attached hydrogens (tertiary/aromatic N) is 4. The monoisotopic (exact) mass is 308 g/mol. The van der Waals surface area contributed by atoms with Crippen molar-refractivity contribution in [3.63, 3.8) is 0 Å². The van der Waals surface area contributed by atoms with Crippen molar-refractivity contribution in [3.05, 3.63) is 27.2 Å². The summed E-state index contributed by atoms with van der Waals surface area (Å²) in [6, 6.07) is 0. The Labute approximate surface area is 128 Å². The molecule has 22 heavy (non-hydrogen) atoms. The molecule has 0 amide bonds. The van der Waals surface area contributed by atoms with Crippen LogP contribution in [0.25, 0.3) is 11.2 Å². The highest BCUT2D eigenvalue weighted by atomic mass is 16.3. The highest BCUT2D eigenvalue weighted by Crippen LogP contribution is 2.10. The molecular formula is C15H24N4O3. The summed E-state index contributed by atoms with van der Waals surface area (Å²) in [4.78, 5) is 28.3. The number of imidazole rings is 1. The van der Waals surface area contributed by atoms with Gasteiger partial charge in [0.1, 0.15) is 0 Å². The number of aryl methyl sites for hydroxylation is 2. The van der Waals surface area contributed by atoms with Gasteiger partial charge in [-0.25, -0.2) is 9.78 Å². The predicted molar refractivity (Wildman–Crippen MR) is 85.0 cm³/mol. The number of unbranched alkanes of at least 4 members (excludes halogenated alkanes) is 2. The van der Waals surface area contributed by atoms with Crippen molar-refractivity contribution in [1.29, 1.82) is 0 Å². The zero-order chi connectivity index (χ0) is 16.3. The SMILES string of the molecule is CCC(O)CCCCCn1cnc2c1c(=O)n(C)c(=O)n2C. The Morgan fingerprint density at radius 2 is 1.91 bits per heavy atom. The summed E-state index contributed by atoms with van der Waals surface area (Å²) in [6.07, 6.45) is 5.88. The van der Waals surface area contributed by atoms with E-state index in [2.05, 4.69) is 4.98 Å². The van der Waals surface area contributed by atoms with E-state index < -0.39 is 0 Å². The molecule has 1 N–H and O–H groups in total. The molecule has 0 aliphatic carbocycles. The first-order valence-electron chi connectivity index (χ1n) is 7.76. The molecule has 0 bridgehead atoms. The minimum absolute atomic E-state index is 0.212. The molecule has 7 nitrogen and oxygen atoms in total. The van der Waals surface area contributed by atoms with Crippen LogP contribution in [0, 0.1) is 0 Å². The van der Waals surface area contributed by atoms with E-state index in [-0.39, 0.29) is 17.4 Å². The van der Waals surface area contributed by atoms with Crippen molar-refractivity contribution in [2.45, 2.75) is 51.7 Å². The second-order valence-electron chi connectivity index (χ2n) is 5.73. The maximum atomic E-state index is 12.3. The Balaban J connectivity index is 2.10. The second-order valence-corrected chi connectivity index (χ2v) is 5.73. The first kappa shape index (κ1) is 16.5. The van der Waals surface area contributed by atoms with E-state index in [1.165, 1.54) is 11.6 Å². The molecule has 1 atom stereocenters. The summed E-state index contributed by atoms with van der Waals surface area (Å²) in [5, 5.41) is 9.51. The van der Waals surface area contributed by atoms with Gasteiger partial charge in [-0.05, 0) is 19.3 Å². The van der Waals surface area contributed by atoms with Gasteiger partial charge in [0.15, 0.2) is 11.2 Å². The molecule has 2 rings (SSSR count). The molecule has 0 radical (unpaired) electrons. The van der Waals surface area contributed by atoms with Gasteiger partial charge in [0, 0.05) is 20.6 Å². The summed E-state index contributed by atoms with van der Waals surface area (Å²) in [7, 11) is 3.10. The fraction of sp³-hybridized carbons (Fsp3) is 0.667. The maximum Gasteiger partial charge on any atom is 0.332 e. The lowest BCUT2D eigenvalue weighted by Crippen LogP contribution is -2.37. The first-order valence-corrected chi connectivity index (χ1v) is 7.76. The van der Waals surface area contributed by atoms with Crippen LogP contribution in [0.2, 0.25) is 0 Å². The molecule has 0 aromatic carbocycles. The average Bonchev–Trinajstić information content (AvgIpc) is 2.94. The summed E-state index contributed by atoms with van der Waals surface area (Å²) in [5.74, 6) is 0. The van der Waals surface area contributed by atoms with Crippen LogP contribution in [0.4, 0.5) is 0 Å². The van der Waals surface area contributed by atoms with E-state index in [4.69, 9.17) is 0 Å². The van der Waals surface area contributed by atoms with Gasteiger partial charge in [0.25, 0.3) is 5.56 Å². The van der Waals surface area contributed by atoms with Gasteiger partial charge in [0.05, 0.1) is 12.4 Å².